The lowest BCUT2D eigenvalue weighted by atomic mass is 10.0. The first-order chi connectivity index (χ1) is 16.8. The van der Waals surface area contributed by atoms with Gasteiger partial charge in [-0.05, 0) is 68.2 Å². The highest BCUT2D eigenvalue weighted by molar-refractivity contribution is 7.89. The second-order valence-electron chi connectivity index (χ2n) is 9.08. The van der Waals surface area contributed by atoms with Crippen LogP contribution >= 0.6 is 23.7 Å². The summed E-state index contributed by atoms with van der Waals surface area (Å²) < 4.78 is 28.9. The molecule has 1 atom stereocenters. The number of benzene rings is 2. The van der Waals surface area contributed by atoms with E-state index in [1.165, 1.54) is 11.3 Å². The second kappa shape index (κ2) is 12.5. The molecule has 1 aliphatic heterocycles. The van der Waals surface area contributed by atoms with Crippen LogP contribution in [0.1, 0.15) is 44.0 Å². The highest BCUT2D eigenvalue weighted by Crippen LogP contribution is 2.30. The number of anilines is 1. The van der Waals surface area contributed by atoms with Crippen LogP contribution in [-0.4, -0.2) is 67.8 Å². The van der Waals surface area contributed by atoms with Crippen molar-refractivity contribution in [3.05, 3.63) is 54.1 Å². The maximum atomic E-state index is 13.6. The zero-order valence-electron chi connectivity index (χ0n) is 21.1. The van der Waals surface area contributed by atoms with E-state index >= 15 is 0 Å². The molecule has 36 heavy (non-hydrogen) atoms. The van der Waals surface area contributed by atoms with Crippen LogP contribution in [0.4, 0.5) is 5.13 Å². The van der Waals surface area contributed by atoms with Gasteiger partial charge in [0, 0.05) is 31.7 Å². The SMILES string of the molecule is CCN(CC)CCN(C(=O)c1ccc(S(=O)(=O)N2CCCC(C)C2)cc1)c1nc2ccccc2s1.Cl. The van der Waals surface area contributed by atoms with Crippen molar-refractivity contribution in [1.82, 2.24) is 14.2 Å². The lowest BCUT2D eigenvalue weighted by Crippen LogP contribution is -2.39. The van der Waals surface area contributed by atoms with Gasteiger partial charge in [-0.25, -0.2) is 13.4 Å². The van der Waals surface area contributed by atoms with E-state index in [4.69, 9.17) is 4.98 Å². The molecule has 0 spiro atoms. The Hall–Kier alpha value is -2.04. The number of para-hydroxylation sites is 1. The van der Waals surface area contributed by atoms with E-state index in [9.17, 15) is 13.2 Å². The summed E-state index contributed by atoms with van der Waals surface area (Å²) in [6, 6.07) is 14.2. The van der Waals surface area contributed by atoms with Crippen LogP contribution in [0.5, 0.6) is 0 Å². The second-order valence-corrected chi connectivity index (χ2v) is 12.0. The van der Waals surface area contributed by atoms with Crippen molar-refractivity contribution in [3.63, 3.8) is 0 Å². The number of likely N-dealkylation sites (N-methyl/N-ethyl adjacent to an activating group) is 1. The Bertz CT molecular complexity index is 1230. The maximum absolute atomic E-state index is 13.6. The minimum atomic E-state index is -3.56. The van der Waals surface area contributed by atoms with E-state index in [0.717, 1.165) is 42.7 Å². The average Bonchev–Trinajstić information content (AvgIpc) is 3.30. The molecule has 7 nitrogen and oxygen atoms in total. The predicted octanol–water partition coefficient (Wildman–Crippen LogP) is 5.13. The highest BCUT2D eigenvalue weighted by Gasteiger charge is 2.29. The molecule has 1 unspecified atom stereocenters. The van der Waals surface area contributed by atoms with Gasteiger partial charge in [-0.1, -0.05) is 44.2 Å². The molecule has 2 heterocycles. The van der Waals surface area contributed by atoms with Gasteiger partial charge in [-0.2, -0.15) is 4.31 Å². The molecule has 1 aromatic heterocycles. The smallest absolute Gasteiger partial charge is 0.260 e. The van der Waals surface area contributed by atoms with Crippen molar-refractivity contribution in [1.29, 1.82) is 0 Å². The molecule has 0 radical (unpaired) electrons. The Labute approximate surface area is 224 Å². The van der Waals surface area contributed by atoms with Crippen LogP contribution in [0.15, 0.2) is 53.4 Å². The Morgan fingerprint density at radius 1 is 1.08 bits per heavy atom. The van der Waals surface area contributed by atoms with Gasteiger partial charge in [0.25, 0.3) is 5.91 Å². The summed E-state index contributed by atoms with van der Waals surface area (Å²) in [7, 11) is -3.56. The summed E-state index contributed by atoms with van der Waals surface area (Å²) in [6.07, 6.45) is 1.93. The van der Waals surface area contributed by atoms with Crippen LogP contribution in [0, 0.1) is 5.92 Å². The van der Waals surface area contributed by atoms with E-state index in [2.05, 4.69) is 25.7 Å². The van der Waals surface area contributed by atoms with Crippen molar-refractivity contribution >= 4 is 55.0 Å². The van der Waals surface area contributed by atoms with Gasteiger partial charge in [-0.3, -0.25) is 9.69 Å². The number of fused-ring (bicyclic) bond motifs is 1. The molecule has 1 aliphatic rings. The van der Waals surface area contributed by atoms with Crippen molar-refractivity contribution in [2.45, 2.75) is 38.5 Å². The Kier molecular flexibility index (Phi) is 9.88. The van der Waals surface area contributed by atoms with Gasteiger partial charge in [-0.15, -0.1) is 12.4 Å². The highest BCUT2D eigenvalue weighted by atomic mass is 35.5. The fourth-order valence-electron chi connectivity index (χ4n) is 4.48. The largest absolute Gasteiger partial charge is 0.302 e. The molecule has 3 aromatic rings. The van der Waals surface area contributed by atoms with Gasteiger partial charge in [0.05, 0.1) is 15.1 Å². The van der Waals surface area contributed by atoms with E-state index in [1.54, 1.807) is 33.5 Å². The number of halogens is 1. The minimum absolute atomic E-state index is 0. The van der Waals surface area contributed by atoms with Crippen LogP contribution < -0.4 is 4.90 Å². The lowest BCUT2D eigenvalue weighted by molar-refractivity contribution is 0.0983. The zero-order valence-corrected chi connectivity index (χ0v) is 23.5. The van der Waals surface area contributed by atoms with E-state index in [-0.39, 0.29) is 23.2 Å². The maximum Gasteiger partial charge on any atom is 0.260 e. The van der Waals surface area contributed by atoms with Crippen LogP contribution in [0.25, 0.3) is 10.2 Å². The first kappa shape index (κ1) is 28.5. The molecule has 0 N–H and O–H groups in total. The molecule has 1 amide bonds. The summed E-state index contributed by atoms with van der Waals surface area (Å²) in [5.41, 5.74) is 1.32. The van der Waals surface area contributed by atoms with Gasteiger partial charge in [0.1, 0.15) is 0 Å². The molecule has 2 aromatic carbocycles. The van der Waals surface area contributed by atoms with Crippen LogP contribution in [0.2, 0.25) is 0 Å². The number of hydrogen-bond donors (Lipinski definition) is 0. The summed E-state index contributed by atoms with van der Waals surface area (Å²) in [6.45, 7) is 10.4. The molecule has 0 aliphatic carbocycles. The predicted molar refractivity (Wildman–Crippen MR) is 150 cm³/mol. The van der Waals surface area contributed by atoms with Gasteiger partial charge in [0.2, 0.25) is 10.0 Å². The quantitative estimate of drug-likeness (QED) is 0.369. The normalized spacial score (nSPS) is 16.7. The monoisotopic (exact) mass is 550 g/mol. The molecular formula is C26H35ClN4O3S2. The lowest BCUT2D eigenvalue weighted by Gasteiger charge is -2.30. The number of amides is 1. The van der Waals surface area contributed by atoms with Crippen LogP contribution in [0.3, 0.4) is 0 Å². The molecule has 0 bridgehead atoms. The molecule has 1 saturated heterocycles. The molecule has 10 heteroatoms. The molecule has 1 fully saturated rings. The fraction of sp³-hybridized carbons (Fsp3) is 0.462. The number of carbonyl (C=O) groups is 1. The molecule has 4 rings (SSSR count). The third-order valence-corrected chi connectivity index (χ3v) is 9.59. The van der Waals surface area contributed by atoms with Crippen LogP contribution in [-0.2, 0) is 10.0 Å². The van der Waals surface area contributed by atoms with Gasteiger partial charge < -0.3 is 4.90 Å². The summed E-state index contributed by atoms with van der Waals surface area (Å²) in [5, 5.41) is 0.655. The summed E-state index contributed by atoms with van der Waals surface area (Å²) in [4.78, 5) is 22.6. The standard InChI is InChI=1S/C26H34N4O3S2.ClH/c1-4-28(5-2)17-18-30(26-27-23-10-6-7-11-24(23)34-26)25(31)21-12-14-22(15-13-21)35(32,33)29-16-8-9-20(3)19-29;/h6-7,10-15,20H,4-5,8-9,16-19H2,1-3H3;1H. The van der Waals surface area contributed by atoms with Crippen molar-refractivity contribution < 1.29 is 13.2 Å². The third kappa shape index (κ3) is 6.26. The van der Waals surface area contributed by atoms with Crippen molar-refractivity contribution in [2.24, 2.45) is 5.92 Å². The first-order valence-electron chi connectivity index (χ1n) is 12.3. The average molecular weight is 551 g/mol. The van der Waals surface area contributed by atoms with E-state index in [1.807, 2.05) is 24.3 Å². The van der Waals surface area contributed by atoms with Crippen molar-refractivity contribution in [2.75, 3.05) is 44.2 Å². The summed E-state index contributed by atoms with van der Waals surface area (Å²) in [5.74, 6) is 0.180. The van der Waals surface area contributed by atoms with Crippen molar-refractivity contribution in [3.8, 4) is 0 Å². The Morgan fingerprint density at radius 2 is 1.78 bits per heavy atom. The number of hydrogen-bond acceptors (Lipinski definition) is 6. The number of sulfonamides is 1. The zero-order chi connectivity index (χ0) is 25.0. The molecule has 196 valence electrons. The first-order valence-corrected chi connectivity index (χ1v) is 14.6. The fourth-order valence-corrected chi connectivity index (χ4v) is 7.07. The number of aromatic nitrogens is 1. The Morgan fingerprint density at radius 3 is 2.42 bits per heavy atom. The van der Waals surface area contributed by atoms with E-state index < -0.39 is 10.0 Å². The number of nitrogens with zero attached hydrogens (tertiary/aromatic N) is 4. The molecule has 0 saturated carbocycles. The molecular weight excluding hydrogens is 516 g/mol. The minimum Gasteiger partial charge on any atom is -0.302 e. The number of carbonyl (C=O) groups excluding carboxylic acids is 1. The van der Waals surface area contributed by atoms with E-state index in [0.29, 0.717) is 36.2 Å². The number of rotatable bonds is 9. The third-order valence-electron chi connectivity index (χ3n) is 6.65. The number of piperidine rings is 1. The topological polar surface area (TPSA) is 73.8 Å². The van der Waals surface area contributed by atoms with Gasteiger partial charge in [0.15, 0.2) is 5.13 Å². The number of thiazole rings is 1. The Balaban J connectivity index is 0.00000361. The van der Waals surface area contributed by atoms with Gasteiger partial charge >= 0.3 is 0 Å². The summed E-state index contributed by atoms with van der Waals surface area (Å²) >= 11 is 1.49.